The van der Waals surface area contributed by atoms with Crippen molar-refractivity contribution >= 4 is 0 Å². The van der Waals surface area contributed by atoms with Crippen LogP contribution in [-0.4, -0.2) is 0 Å². The number of hydrogen-bond acceptors (Lipinski definition) is 1. The third-order valence-corrected chi connectivity index (χ3v) is 1.80. The first-order chi connectivity index (χ1) is 9.36. The second kappa shape index (κ2) is 21.8. The van der Waals surface area contributed by atoms with Crippen LogP contribution in [0.1, 0.15) is 54.4 Å². The molecule has 0 radical (unpaired) electrons. The molecule has 0 saturated carbocycles. The molecule has 1 nitrogen and oxygen atoms in total. The molecule has 0 bridgehead atoms. The van der Waals surface area contributed by atoms with E-state index in [-0.39, 0.29) is 0 Å². The average Bonchev–Trinajstić information content (AvgIpc) is 2.54. The quantitative estimate of drug-likeness (QED) is 0.600. The second-order valence-corrected chi connectivity index (χ2v) is 2.83. The first-order valence-electron chi connectivity index (χ1n) is 7.45. The molecule has 0 amide bonds. The predicted octanol–water partition coefficient (Wildman–Crippen LogP) is 6.14. The molecule has 0 spiro atoms. The zero-order valence-corrected chi connectivity index (χ0v) is 13.8. The Kier molecular flexibility index (Phi) is 25.9. The minimum atomic E-state index is 0.979. The van der Waals surface area contributed by atoms with Gasteiger partial charge < -0.3 is 5.32 Å². The first-order valence-corrected chi connectivity index (χ1v) is 7.45. The van der Waals surface area contributed by atoms with Crippen molar-refractivity contribution in [2.24, 2.45) is 0 Å². The molecule has 1 rings (SSSR count). The molecule has 1 heteroatoms. The van der Waals surface area contributed by atoms with Crippen LogP contribution in [-0.2, 0) is 0 Å². The topological polar surface area (TPSA) is 12.0 Å². The lowest BCUT2D eigenvalue weighted by Crippen LogP contribution is -2.10. The van der Waals surface area contributed by atoms with Crippen molar-refractivity contribution in [3.8, 4) is 0 Å². The van der Waals surface area contributed by atoms with Crippen LogP contribution in [0.25, 0.3) is 0 Å². The van der Waals surface area contributed by atoms with Crippen molar-refractivity contribution in [1.29, 1.82) is 0 Å². The van der Waals surface area contributed by atoms with E-state index in [4.69, 9.17) is 0 Å². The molecule has 19 heavy (non-hydrogen) atoms. The van der Waals surface area contributed by atoms with E-state index in [9.17, 15) is 0 Å². The van der Waals surface area contributed by atoms with Gasteiger partial charge in [0.1, 0.15) is 0 Å². The summed E-state index contributed by atoms with van der Waals surface area (Å²) in [6.45, 7) is 19.4. The van der Waals surface area contributed by atoms with Gasteiger partial charge in [-0.3, -0.25) is 0 Å². The maximum absolute atomic E-state index is 3.72. The summed E-state index contributed by atoms with van der Waals surface area (Å²) in [5.74, 6) is 0. The number of nitrogens with one attached hydrogen (secondary N) is 1. The SMILES string of the molecule is C=C/C=C(\C=C)NC1=CCCC=C1.CC.CC.CC. The average molecular weight is 263 g/mol. The Morgan fingerprint density at radius 2 is 1.63 bits per heavy atom. The minimum absolute atomic E-state index is 0.979. The van der Waals surface area contributed by atoms with Gasteiger partial charge >= 0.3 is 0 Å². The minimum Gasteiger partial charge on any atom is -0.356 e. The van der Waals surface area contributed by atoms with E-state index in [0.29, 0.717) is 0 Å². The standard InChI is InChI=1S/C12H15N.3C2H6/c1-3-8-11(4-2)13-12-9-6-5-7-10-12;3*1-2/h3-4,6,8-10,13H,1-2,5,7H2;3*1-2H3/b11-8+;;;. The summed E-state index contributed by atoms with van der Waals surface area (Å²) in [6.07, 6.45) is 14.1. The highest BCUT2D eigenvalue weighted by Gasteiger charge is 1.96. The van der Waals surface area contributed by atoms with Crippen LogP contribution in [0.3, 0.4) is 0 Å². The van der Waals surface area contributed by atoms with E-state index in [1.807, 2.05) is 47.6 Å². The highest BCUT2D eigenvalue weighted by Crippen LogP contribution is 2.08. The van der Waals surface area contributed by atoms with Crippen LogP contribution >= 0.6 is 0 Å². The molecule has 0 unspecified atom stereocenters. The fourth-order valence-electron chi connectivity index (χ4n) is 1.16. The predicted molar refractivity (Wildman–Crippen MR) is 92.1 cm³/mol. The summed E-state index contributed by atoms with van der Waals surface area (Å²) in [4.78, 5) is 0. The Labute approximate surface area is 121 Å². The second-order valence-electron chi connectivity index (χ2n) is 2.83. The van der Waals surface area contributed by atoms with Crippen LogP contribution in [0.15, 0.2) is 61.0 Å². The van der Waals surface area contributed by atoms with E-state index < -0.39 is 0 Å². The van der Waals surface area contributed by atoms with Gasteiger partial charge in [-0.15, -0.1) is 0 Å². The third kappa shape index (κ3) is 14.4. The summed E-state index contributed by atoms with van der Waals surface area (Å²) in [5.41, 5.74) is 2.12. The van der Waals surface area contributed by atoms with Gasteiger partial charge in [-0.1, -0.05) is 72.9 Å². The Balaban J connectivity index is -0.000000375. The Morgan fingerprint density at radius 3 is 2.00 bits per heavy atom. The Bertz CT molecular complexity index is 280. The first kappa shape index (κ1) is 22.7. The van der Waals surface area contributed by atoms with Crippen LogP contribution in [0, 0.1) is 0 Å². The van der Waals surface area contributed by atoms with Gasteiger partial charge in [0.25, 0.3) is 0 Å². The van der Waals surface area contributed by atoms with Gasteiger partial charge in [0, 0.05) is 11.4 Å². The lowest BCUT2D eigenvalue weighted by molar-refractivity contribution is 0.949. The lowest BCUT2D eigenvalue weighted by Gasteiger charge is -2.10. The molecule has 1 N–H and O–H groups in total. The third-order valence-electron chi connectivity index (χ3n) is 1.80. The zero-order valence-electron chi connectivity index (χ0n) is 13.8. The number of rotatable bonds is 4. The van der Waals surface area contributed by atoms with E-state index >= 15 is 0 Å². The van der Waals surface area contributed by atoms with Crippen molar-refractivity contribution < 1.29 is 0 Å². The number of hydrogen-bond donors (Lipinski definition) is 1. The molecule has 110 valence electrons. The summed E-state index contributed by atoms with van der Waals surface area (Å²) in [6, 6.07) is 0. The molecule has 0 saturated heterocycles. The molecule has 0 aliphatic heterocycles. The molecular formula is C18H33N. The molecule has 0 heterocycles. The largest absolute Gasteiger partial charge is 0.356 e. The van der Waals surface area contributed by atoms with E-state index in [1.54, 1.807) is 12.2 Å². The van der Waals surface area contributed by atoms with Crippen molar-refractivity contribution in [3.05, 3.63) is 61.0 Å². The van der Waals surface area contributed by atoms with Gasteiger partial charge in [0.15, 0.2) is 0 Å². The smallest absolute Gasteiger partial charge is 0.0377 e. The van der Waals surface area contributed by atoms with E-state index in [1.165, 1.54) is 0 Å². The molecule has 0 aromatic heterocycles. The Hall–Kier alpha value is -1.50. The molecular weight excluding hydrogens is 230 g/mol. The molecule has 0 atom stereocenters. The van der Waals surface area contributed by atoms with Crippen molar-refractivity contribution in [1.82, 2.24) is 5.32 Å². The zero-order chi connectivity index (χ0) is 15.5. The summed E-state index contributed by atoms with van der Waals surface area (Å²) >= 11 is 0. The van der Waals surface area contributed by atoms with Gasteiger partial charge in [-0.25, -0.2) is 0 Å². The fraction of sp³-hybridized carbons (Fsp3) is 0.444. The summed E-state index contributed by atoms with van der Waals surface area (Å²) in [7, 11) is 0. The molecule has 0 fully saturated rings. The van der Waals surface area contributed by atoms with Crippen molar-refractivity contribution in [2.75, 3.05) is 0 Å². The van der Waals surface area contributed by atoms with Crippen molar-refractivity contribution in [3.63, 3.8) is 0 Å². The van der Waals surface area contributed by atoms with E-state index in [0.717, 1.165) is 24.2 Å². The molecule has 0 aromatic carbocycles. The lowest BCUT2D eigenvalue weighted by atomic mass is 10.1. The van der Waals surface area contributed by atoms with E-state index in [2.05, 4.69) is 36.7 Å². The molecule has 1 aliphatic carbocycles. The van der Waals surface area contributed by atoms with Gasteiger partial charge in [0.2, 0.25) is 0 Å². The van der Waals surface area contributed by atoms with Crippen LogP contribution in [0.2, 0.25) is 0 Å². The van der Waals surface area contributed by atoms with Crippen molar-refractivity contribution in [2.45, 2.75) is 54.4 Å². The maximum atomic E-state index is 3.72. The molecule has 1 aliphatic rings. The molecule has 0 aromatic rings. The fourth-order valence-corrected chi connectivity index (χ4v) is 1.16. The van der Waals surface area contributed by atoms with Crippen LogP contribution in [0.5, 0.6) is 0 Å². The Morgan fingerprint density at radius 1 is 1.05 bits per heavy atom. The monoisotopic (exact) mass is 263 g/mol. The van der Waals surface area contributed by atoms with Crippen LogP contribution in [0.4, 0.5) is 0 Å². The van der Waals surface area contributed by atoms with Gasteiger partial charge in [-0.2, -0.15) is 0 Å². The highest BCUT2D eigenvalue weighted by atomic mass is 14.9. The summed E-state index contributed by atoms with van der Waals surface area (Å²) < 4.78 is 0. The van der Waals surface area contributed by atoms with Gasteiger partial charge in [0.05, 0.1) is 0 Å². The maximum Gasteiger partial charge on any atom is 0.0377 e. The number of allylic oxidation sites excluding steroid dienone is 6. The summed E-state index contributed by atoms with van der Waals surface area (Å²) in [5, 5.41) is 3.25. The normalized spacial score (nSPS) is 12.1. The highest BCUT2D eigenvalue weighted by molar-refractivity contribution is 5.30. The van der Waals surface area contributed by atoms with Gasteiger partial charge in [-0.05, 0) is 31.1 Å². The van der Waals surface area contributed by atoms with Crippen LogP contribution < -0.4 is 5.32 Å².